The molecule has 1 N–H and O–H groups in total. The highest BCUT2D eigenvalue weighted by Crippen LogP contribution is 2.24. The molecule has 138 valence electrons. The lowest BCUT2D eigenvalue weighted by molar-refractivity contribution is -0.134. The van der Waals surface area contributed by atoms with Crippen LogP contribution in [-0.2, 0) is 4.79 Å². The number of halogens is 1. The van der Waals surface area contributed by atoms with Crippen LogP contribution in [0.4, 0.5) is 0 Å². The molecule has 1 amide bonds. The zero-order valence-electron chi connectivity index (χ0n) is 14.4. The van der Waals surface area contributed by atoms with Gasteiger partial charge in [-0.25, -0.2) is 4.79 Å². The molecule has 0 atom stereocenters. The number of aromatic carboxylic acids is 1. The predicted molar refractivity (Wildman–Crippen MR) is 95.7 cm³/mol. The fourth-order valence-electron chi connectivity index (χ4n) is 3.03. The summed E-state index contributed by atoms with van der Waals surface area (Å²) in [6.07, 6.45) is 4.35. The van der Waals surface area contributed by atoms with Gasteiger partial charge in [0, 0.05) is 24.3 Å². The first-order valence-electron chi connectivity index (χ1n) is 8.38. The zero-order valence-corrected chi connectivity index (χ0v) is 15.1. The van der Waals surface area contributed by atoms with Crippen LogP contribution in [0.1, 0.15) is 34.8 Å². The highest BCUT2D eigenvalue weighted by atomic mass is 35.5. The number of benzene rings is 1. The van der Waals surface area contributed by atoms with E-state index in [0.29, 0.717) is 23.9 Å². The van der Waals surface area contributed by atoms with E-state index in [0.717, 1.165) is 18.4 Å². The number of carbonyl (C=O) groups is 2. The van der Waals surface area contributed by atoms with Crippen molar-refractivity contribution in [1.29, 1.82) is 0 Å². The topological polar surface area (TPSA) is 84.7 Å². The standard InChI is InChI=1S/C18H20ClN3O4/c1-12-8-14(19)2-3-16(12)26-11-17(23)21-6-4-15(5-7-21)22-10-13(9-20-22)18(24)25/h2-3,8-10,15H,4-7,11H2,1H3,(H,24,25). The number of carbonyl (C=O) groups excluding carboxylic acids is 1. The van der Waals surface area contributed by atoms with E-state index < -0.39 is 5.97 Å². The molecular weight excluding hydrogens is 358 g/mol. The van der Waals surface area contributed by atoms with Gasteiger partial charge in [-0.1, -0.05) is 11.6 Å². The van der Waals surface area contributed by atoms with Crippen LogP contribution in [0.2, 0.25) is 5.02 Å². The van der Waals surface area contributed by atoms with Crippen LogP contribution in [0.15, 0.2) is 30.6 Å². The highest BCUT2D eigenvalue weighted by Gasteiger charge is 2.25. The molecule has 1 aliphatic heterocycles. The molecule has 0 bridgehead atoms. The fourth-order valence-corrected chi connectivity index (χ4v) is 3.26. The van der Waals surface area contributed by atoms with Gasteiger partial charge in [0.2, 0.25) is 0 Å². The van der Waals surface area contributed by atoms with Crippen LogP contribution >= 0.6 is 11.6 Å². The maximum atomic E-state index is 12.4. The van der Waals surface area contributed by atoms with Crippen LogP contribution in [-0.4, -0.2) is 51.4 Å². The molecule has 0 radical (unpaired) electrons. The van der Waals surface area contributed by atoms with Gasteiger partial charge < -0.3 is 14.7 Å². The van der Waals surface area contributed by atoms with Crippen molar-refractivity contribution in [3.05, 3.63) is 46.7 Å². The van der Waals surface area contributed by atoms with E-state index in [1.165, 1.54) is 12.4 Å². The second-order valence-electron chi connectivity index (χ2n) is 6.32. The molecule has 26 heavy (non-hydrogen) atoms. The Kier molecular flexibility index (Phi) is 5.46. The fraction of sp³-hybridized carbons (Fsp3) is 0.389. The van der Waals surface area contributed by atoms with Gasteiger partial charge in [0.1, 0.15) is 5.75 Å². The first-order valence-corrected chi connectivity index (χ1v) is 8.76. The Morgan fingerprint density at radius 2 is 2.08 bits per heavy atom. The minimum absolute atomic E-state index is 0.0158. The van der Waals surface area contributed by atoms with Gasteiger partial charge in [-0.05, 0) is 43.5 Å². The molecule has 1 aromatic carbocycles. The number of nitrogens with zero attached hydrogens (tertiary/aromatic N) is 3. The van der Waals surface area contributed by atoms with Crippen molar-refractivity contribution in [3.8, 4) is 5.75 Å². The van der Waals surface area contributed by atoms with Crippen molar-refractivity contribution >= 4 is 23.5 Å². The second kappa shape index (κ2) is 7.78. The number of aryl methyl sites for hydroxylation is 1. The minimum Gasteiger partial charge on any atom is -0.483 e. The Balaban J connectivity index is 1.50. The van der Waals surface area contributed by atoms with Gasteiger partial charge in [0.05, 0.1) is 17.8 Å². The summed E-state index contributed by atoms with van der Waals surface area (Å²) in [6.45, 7) is 3.05. The zero-order chi connectivity index (χ0) is 18.7. The van der Waals surface area contributed by atoms with Crippen molar-refractivity contribution in [2.24, 2.45) is 0 Å². The molecule has 0 saturated carbocycles. The Labute approximate surface area is 156 Å². The van der Waals surface area contributed by atoms with Gasteiger partial charge in [-0.3, -0.25) is 9.48 Å². The average molecular weight is 378 g/mol. The summed E-state index contributed by atoms with van der Waals surface area (Å²) < 4.78 is 7.29. The van der Waals surface area contributed by atoms with Crippen LogP contribution in [0.3, 0.4) is 0 Å². The Morgan fingerprint density at radius 3 is 2.69 bits per heavy atom. The smallest absolute Gasteiger partial charge is 0.338 e. The summed E-state index contributed by atoms with van der Waals surface area (Å²) in [7, 11) is 0. The molecule has 0 spiro atoms. The molecule has 0 unspecified atom stereocenters. The molecule has 1 aromatic heterocycles. The number of ether oxygens (including phenoxy) is 1. The molecule has 1 aliphatic rings. The summed E-state index contributed by atoms with van der Waals surface area (Å²) in [4.78, 5) is 25.1. The molecule has 2 heterocycles. The first kappa shape index (κ1) is 18.3. The largest absolute Gasteiger partial charge is 0.483 e. The molecule has 1 fully saturated rings. The quantitative estimate of drug-likeness (QED) is 0.866. The lowest BCUT2D eigenvalue weighted by Crippen LogP contribution is -2.41. The first-order chi connectivity index (χ1) is 12.4. The average Bonchev–Trinajstić information content (AvgIpc) is 3.11. The summed E-state index contributed by atoms with van der Waals surface area (Å²) in [5, 5.41) is 13.7. The maximum absolute atomic E-state index is 12.4. The van der Waals surface area contributed by atoms with E-state index in [-0.39, 0.29) is 24.1 Å². The summed E-state index contributed by atoms with van der Waals surface area (Å²) in [5.74, 6) is -0.404. The highest BCUT2D eigenvalue weighted by molar-refractivity contribution is 6.30. The number of aromatic nitrogens is 2. The third kappa shape index (κ3) is 4.16. The van der Waals surface area contributed by atoms with E-state index in [9.17, 15) is 9.59 Å². The molecule has 2 aromatic rings. The van der Waals surface area contributed by atoms with Gasteiger partial charge in [-0.15, -0.1) is 0 Å². The number of likely N-dealkylation sites (tertiary alicyclic amines) is 1. The molecule has 1 saturated heterocycles. The van der Waals surface area contributed by atoms with E-state index in [1.54, 1.807) is 27.8 Å². The van der Waals surface area contributed by atoms with Gasteiger partial charge in [0.15, 0.2) is 6.61 Å². The maximum Gasteiger partial charge on any atom is 0.338 e. The van der Waals surface area contributed by atoms with Crippen molar-refractivity contribution < 1.29 is 19.4 Å². The monoisotopic (exact) mass is 377 g/mol. The lowest BCUT2D eigenvalue weighted by atomic mass is 10.1. The second-order valence-corrected chi connectivity index (χ2v) is 6.76. The minimum atomic E-state index is -0.987. The number of carboxylic acids is 1. The SMILES string of the molecule is Cc1cc(Cl)ccc1OCC(=O)N1CCC(n2cc(C(=O)O)cn2)CC1. The summed E-state index contributed by atoms with van der Waals surface area (Å²) >= 11 is 5.91. The van der Waals surface area contributed by atoms with Gasteiger partial charge in [-0.2, -0.15) is 5.10 Å². The molecule has 8 heteroatoms. The summed E-state index contributed by atoms with van der Waals surface area (Å²) in [5.41, 5.74) is 1.06. The molecule has 7 nitrogen and oxygen atoms in total. The van der Waals surface area contributed by atoms with E-state index in [2.05, 4.69) is 5.10 Å². The molecule has 3 rings (SSSR count). The number of carboxylic acid groups (broad SMARTS) is 1. The van der Waals surface area contributed by atoms with Gasteiger partial charge >= 0.3 is 5.97 Å². The third-order valence-corrected chi connectivity index (χ3v) is 4.76. The summed E-state index contributed by atoms with van der Waals surface area (Å²) in [6, 6.07) is 5.39. The Hall–Kier alpha value is -2.54. The molecular formula is C18H20ClN3O4. The van der Waals surface area contributed by atoms with Crippen LogP contribution in [0.25, 0.3) is 0 Å². The normalized spacial score (nSPS) is 15.1. The van der Waals surface area contributed by atoms with Crippen molar-refractivity contribution in [1.82, 2.24) is 14.7 Å². The molecule has 0 aliphatic carbocycles. The van der Waals surface area contributed by atoms with E-state index in [4.69, 9.17) is 21.4 Å². The van der Waals surface area contributed by atoms with Gasteiger partial charge in [0.25, 0.3) is 5.91 Å². The third-order valence-electron chi connectivity index (χ3n) is 4.53. The number of piperidine rings is 1. The number of hydrogen-bond donors (Lipinski definition) is 1. The van der Waals surface area contributed by atoms with E-state index in [1.807, 2.05) is 6.92 Å². The number of amides is 1. The predicted octanol–water partition coefficient (Wildman–Crippen LogP) is 2.79. The van der Waals surface area contributed by atoms with Crippen molar-refractivity contribution in [2.75, 3.05) is 19.7 Å². The van der Waals surface area contributed by atoms with Crippen LogP contribution < -0.4 is 4.74 Å². The van der Waals surface area contributed by atoms with Crippen molar-refractivity contribution in [3.63, 3.8) is 0 Å². The van der Waals surface area contributed by atoms with Crippen LogP contribution in [0, 0.1) is 6.92 Å². The Morgan fingerprint density at radius 1 is 1.35 bits per heavy atom. The van der Waals surface area contributed by atoms with Crippen LogP contribution in [0.5, 0.6) is 5.75 Å². The van der Waals surface area contributed by atoms with E-state index >= 15 is 0 Å². The Bertz CT molecular complexity index is 813. The number of hydrogen-bond acceptors (Lipinski definition) is 4. The number of rotatable bonds is 5. The van der Waals surface area contributed by atoms with Crippen molar-refractivity contribution in [2.45, 2.75) is 25.8 Å². The lowest BCUT2D eigenvalue weighted by Gasteiger charge is -2.32.